The molecule has 2 heteroatoms. The van der Waals surface area contributed by atoms with E-state index in [-0.39, 0.29) is 0 Å². The second-order valence-electron chi connectivity index (χ2n) is 3.83. The Morgan fingerprint density at radius 2 is 1.80 bits per heavy atom. The SMILES string of the molecule is CCCN(CCC)c1ncccc1CC. The Hall–Kier alpha value is -1.05. The summed E-state index contributed by atoms with van der Waals surface area (Å²) in [5.41, 5.74) is 1.36. The van der Waals surface area contributed by atoms with Gasteiger partial charge in [0, 0.05) is 19.3 Å². The molecule has 0 amide bonds. The minimum atomic E-state index is 1.06. The van der Waals surface area contributed by atoms with Crippen molar-refractivity contribution in [2.75, 3.05) is 18.0 Å². The van der Waals surface area contributed by atoms with E-state index >= 15 is 0 Å². The Bertz CT molecular complexity index is 278. The molecule has 0 aliphatic heterocycles. The van der Waals surface area contributed by atoms with E-state index in [1.165, 1.54) is 24.2 Å². The molecule has 0 aliphatic carbocycles. The van der Waals surface area contributed by atoms with E-state index < -0.39 is 0 Å². The molecular formula is C13H22N2. The molecule has 1 heterocycles. The molecule has 1 aromatic rings. The molecule has 0 spiro atoms. The van der Waals surface area contributed by atoms with Crippen LogP contribution in [0.15, 0.2) is 18.3 Å². The van der Waals surface area contributed by atoms with Gasteiger partial charge < -0.3 is 4.90 Å². The third-order valence-corrected chi connectivity index (χ3v) is 2.53. The van der Waals surface area contributed by atoms with Gasteiger partial charge in [0.05, 0.1) is 0 Å². The Labute approximate surface area is 93.3 Å². The summed E-state index contributed by atoms with van der Waals surface area (Å²) in [5.74, 6) is 1.18. The summed E-state index contributed by atoms with van der Waals surface area (Å²) in [4.78, 5) is 6.91. The molecule has 0 radical (unpaired) electrons. The lowest BCUT2D eigenvalue weighted by Gasteiger charge is -2.24. The van der Waals surface area contributed by atoms with Gasteiger partial charge in [-0.3, -0.25) is 0 Å². The third kappa shape index (κ3) is 3.22. The van der Waals surface area contributed by atoms with Crippen LogP contribution in [0, 0.1) is 0 Å². The number of aryl methyl sites for hydroxylation is 1. The van der Waals surface area contributed by atoms with E-state index in [1.807, 2.05) is 12.3 Å². The lowest BCUT2D eigenvalue weighted by Crippen LogP contribution is -2.26. The van der Waals surface area contributed by atoms with E-state index in [9.17, 15) is 0 Å². The molecule has 1 aromatic heterocycles. The maximum Gasteiger partial charge on any atom is 0.131 e. The maximum atomic E-state index is 4.51. The number of nitrogens with zero attached hydrogens (tertiary/aromatic N) is 2. The maximum absolute atomic E-state index is 4.51. The molecule has 2 nitrogen and oxygen atoms in total. The molecular weight excluding hydrogens is 184 g/mol. The molecule has 1 rings (SSSR count). The van der Waals surface area contributed by atoms with Crippen LogP contribution in [0.5, 0.6) is 0 Å². The van der Waals surface area contributed by atoms with Crippen LogP contribution in [-0.2, 0) is 6.42 Å². The van der Waals surface area contributed by atoms with E-state index in [2.05, 4.69) is 36.7 Å². The average molecular weight is 206 g/mol. The van der Waals surface area contributed by atoms with Gasteiger partial charge in [-0.25, -0.2) is 4.98 Å². The van der Waals surface area contributed by atoms with Crippen molar-refractivity contribution in [3.05, 3.63) is 23.9 Å². The first kappa shape index (κ1) is 12.0. The summed E-state index contributed by atoms with van der Waals surface area (Å²) in [7, 11) is 0. The Kier molecular flexibility index (Phi) is 5.16. The van der Waals surface area contributed by atoms with E-state index in [0.717, 1.165) is 19.5 Å². The molecule has 0 aliphatic rings. The van der Waals surface area contributed by atoms with Crippen LogP contribution in [0.1, 0.15) is 39.2 Å². The van der Waals surface area contributed by atoms with Crippen LogP contribution < -0.4 is 4.90 Å². The highest BCUT2D eigenvalue weighted by Crippen LogP contribution is 2.18. The number of hydrogen-bond acceptors (Lipinski definition) is 2. The first-order valence-corrected chi connectivity index (χ1v) is 6.02. The number of aromatic nitrogens is 1. The molecule has 0 saturated carbocycles. The lowest BCUT2D eigenvalue weighted by atomic mass is 10.2. The van der Waals surface area contributed by atoms with Gasteiger partial charge in [0.15, 0.2) is 0 Å². The van der Waals surface area contributed by atoms with E-state index in [1.54, 1.807) is 0 Å². The van der Waals surface area contributed by atoms with Gasteiger partial charge in [0.1, 0.15) is 5.82 Å². The van der Waals surface area contributed by atoms with Crippen molar-refractivity contribution < 1.29 is 0 Å². The average Bonchev–Trinajstić information content (AvgIpc) is 2.29. The topological polar surface area (TPSA) is 16.1 Å². The van der Waals surface area contributed by atoms with Crippen molar-refractivity contribution in [2.45, 2.75) is 40.0 Å². The molecule has 0 bridgehead atoms. The largest absolute Gasteiger partial charge is 0.356 e. The third-order valence-electron chi connectivity index (χ3n) is 2.53. The van der Waals surface area contributed by atoms with Gasteiger partial charge in [-0.2, -0.15) is 0 Å². The fourth-order valence-electron chi connectivity index (χ4n) is 1.85. The zero-order valence-electron chi connectivity index (χ0n) is 10.2. The van der Waals surface area contributed by atoms with Gasteiger partial charge in [-0.1, -0.05) is 26.8 Å². The van der Waals surface area contributed by atoms with Gasteiger partial charge in [0.2, 0.25) is 0 Å². The Morgan fingerprint density at radius 3 is 2.33 bits per heavy atom. The van der Waals surface area contributed by atoms with E-state index in [4.69, 9.17) is 0 Å². The highest BCUT2D eigenvalue weighted by atomic mass is 15.2. The van der Waals surface area contributed by atoms with E-state index in [0.29, 0.717) is 0 Å². The summed E-state index contributed by atoms with van der Waals surface area (Å²) in [6.45, 7) is 8.85. The fraction of sp³-hybridized carbons (Fsp3) is 0.615. The van der Waals surface area contributed by atoms with Crippen LogP contribution in [0.2, 0.25) is 0 Å². The summed E-state index contributed by atoms with van der Waals surface area (Å²) in [6.07, 6.45) is 5.32. The molecule has 0 unspecified atom stereocenters. The smallest absolute Gasteiger partial charge is 0.131 e. The number of anilines is 1. The fourth-order valence-corrected chi connectivity index (χ4v) is 1.85. The predicted molar refractivity (Wildman–Crippen MR) is 66.4 cm³/mol. The zero-order chi connectivity index (χ0) is 11.1. The van der Waals surface area contributed by atoms with Crippen LogP contribution in [0.3, 0.4) is 0 Å². The van der Waals surface area contributed by atoms with Crippen molar-refractivity contribution in [1.29, 1.82) is 0 Å². The standard InChI is InChI=1S/C13H22N2/c1-4-10-15(11-5-2)13-12(6-3)8-7-9-14-13/h7-9H,4-6,10-11H2,1-3H3. The van der Waals surface area contributed by atoms with Gasteiger partial charge in [-0.15, -0.1) is 0 Å². The number of hydrogen-bond donors (Lipinski definition) is 0. The van der Waals surface area contributed by atoms with Crippen LogP contribution in [0.4, 0.5) is 5.82 Å². The van der Waals surface area contributed by atoms with Gasteiger partial charge in [0.25, 0.3) is 0 Å². The molecule has 0 N–H and O–H groups in total. The summed E-state index contributed by atoms with van der Waals surface area (Å²) in [5, 5.41) is 0. The van der Waals surface area contributed by atoms with Crippen molar-refractivity contribution in [2.24, 2.45) is 0 Å². The second-order valence-corrected chi connectivity index (χ2v) is 3.83. The summed E-state index contributed by atoms with van der Waals surface area (Å²) >= 11 is 0. The first-order chi connectivity index (χ1) is 7.33. The molecule has 84 valence electrons. The van der Waals surface area contributed by atoms with Gasteiger partial charge >= 0.3 is 0 Å². The Balaban J connectivity index is 2.88. The highest BCUT2D eigenvalue weighted by Gasteiger charge is 2.09. The molecule has 0 aromatic carbocycles. The predicted octanol–water partition coefficient (Wildman–Crippen LogP) is 3.27. The number of rotatable bonds is 6. The van der Waals surface area contributed by atoms with Crippen molar-refractivity contribution in [1.82, 2.24) is 4.98 Å². The molecule has 0 fully saturated rings. The number of pyridine rings is 1. The molecule has 15 heavy (non-hydrogen) atoms. The van der Waals surface area contributed by atoms with Crippen molar-refractivity contribution >= 4 is 5.82 Å². The first-order valence-electron chi connectivity index (χ1n) is 6.02. The lowest BCUT2D eigenvalue weighted by molar-refractivity contribution is 0.729. The molecule has 0 saturated heterocycles. The van der Waals surface area contributed by atoms with Crippen LogP contribution in [-0.4, -0.2) is 18.1 Å². The van der Waals surface area contributed by atoms with Crippen molar-refractivity contribution in [3.63, 3.8) is 0 Å². The summed E-state index contributed by atoms with van der Waals surface area (Å²) in [6, 6.07) is 4.21. The monoisotopic (exact) mass is 206 g/mol. The molecule has 0 atom stereocenters. The minimum Gasteiger partial charge on any atom is -0.356 e. The zero-order valence-corrected chi connectivity index (χ0v) is 10.2. The van der Waals surface area contributed by atoms with Crippen molar-refractivity contribution in [3.8, 4) is 0 Å². The summed E-state index contributed by atoms with van der Waals surface area (Å²) < 4.78 is 0. The quantitative estimate of drug-likeness (QED) is 0.710. The van der Waals surface area contributed by atoms with Gasteiger partial charge in [-0.05, 0) is 30.9 Å². The Morgan fingerprint density at radius 1 is 1.13 bits per heavy atom. The highest BCUT2D eigenvalue weighted by molar-refractivity contribution is 5.46. The van der Waals surface area contributed by atoms with Crippen LogP contribution in [0.25, 0.3) is 0 Å². The normalized spacial score (nSPS) is 10.3. The minimum absolute atomic E-state index is 1.06. The second kappa shape index (κ2) is 6.44. The van der Waals surface area contributed by atoms with Crippen LogP contribution >= 0.6 is 0 Å².